The van der Waals surface area contributed by atoms with Gasteiger partial charge in [-0.3, -0.25) is 0 Å². The van der Waals surface area contributed by atoms with E-state index in [4.69, 9.17) is 10.00 Å². The van der Waals surface area contributed by atoms with Crippen LogP contribution in [0.4, 0.5) is 22.0 Å². The van der Waals surface area contributed by atoms with E-state index in [9.17, 15) is 30.4 Å². The maximum absolute atomic E-state index is 13.7. The normalized spacial score (nSPS) is 12.0. The molecule has 0 unspecified atom stereocenters. The van der Waals surface area contributed by atoms with Crippen LogP contribution in [0, 0.1) is 40.4 Å². The minimum Gasteiger partial charge on any atom is -0.497 e. The zero-order chi connectivity index (χ0) is 20.4. The largest absolute Gasteiger partial charge is 0.497 e. The van der Waals surface area contributed by atoms with Gasteiger partial charge in [0.05, 0.1) is 18.4 Å². The molecule has 0 aromatic heterocycles. The lowest BCUT2D eigenvalue weighted by molar-refractivity contribution is 0.377. The Hall–Kier alpha value is -2.93. The van der Waals surface area contributed by atoms with E-state index >= 15 is 0 Å². The Labute approximate surface area is 151 Å². The van der Waals surface area contributed by atoms with Crippen molar-refractivity contribution >= 4 is 15.9 Å². The van der Waals surface area contributed by atoms with Gasteiger partial charge in [0, 0.05) is 0 Å². The summed E-state index contributed by atoms with van der Waals surface area (Å²) in [6.07, 6.45) is 0.120. The van der Waals surface area contributed by atoms with Crippen molar-refractivity contribution in [2.24, 2.45) is 0 Å². The van der Waals surface area contributed by atoms with Crippen molar-refractivity contribution in [3.8, 4) is 11.8 Å². The molecule has 0 atom stereocenters. The van der Waals surface area contributed by atoms with Crippen LogP contribution in [0.15, 0.2) is 29.2 Å². The van der Waals surface area contributed by atoms with E-state index in [2.05, 4.69) is 0 Å². The third-order valence-corrected chi connectivity index (χ3v) is 5.07. The van der Waals surface area contributed by atoms with Gasteiger partial charge in [0.25, 0.3) is 0 Å². The van der Waals surface area contributed by atoms with Crippen molar-refractivity contribution in [1.82, 2.24) is 0 Å². The smallest absolute Gasteiger partial charge is 0.200 e. The second-order valence-electron chi connectivity index (χ2n) is 5.21. The van der Waals surface area contributed by atoms with Gasteiger partial charge in [0.1, 0.15) is 16.7 Å². The Kier molecular flexibility index (Phi) is 5.85. The lowest BCUT2D eigenvalue weighted by atomic mass is 10.1. The van der Waals surface area contributed by atoms with Gasteiger partial charge >= 0.3 is 0 Å². The van der Waals surface area contributed by atoms with Crippen LogP contribution in [-0.2, 0) is 15.6 Å². The molecule has 2 aromatic carbocycles. The van der Waals surface area contributed by atoms with E-state index < -0.39 is 55.1 Å². The molecule has 27 heavy (non-hydrogen) atoms. The second kappa shape index (κ2) is 7.75. The number of hydrogen-bond acceptors (Lipinski definition) is 4. The number of allylic oxidation sites excluding steroid dienone is 1. The summed E-state index contributed by atoms with van der Waals surface area (Å²) >= 11 is 0. The van der Waals surface area contributed by atoms with Crippen LogP contribution in [0.2, 0.25) is 0 Å². The Morgan fingerprint density at radius 1 is 1.00 bits per heavy atom. The molecule has 0 N–H and O–H groups in total. The topological polar surface area (TPSA) is 67.2 Å². The molecule has 2 rings (SSSR count). The zero-order valence-electron chi connectivity index (χ0n) is 13.6. The monoisotopic (exact) mass is 403 g/mol. The van der Waals surface area contributed by atoms with E-state index in [1.54, 1.807) is 0 Å². The van der Waals surface area contributed by atoms with Crippen molar-refractivity contribution in [3.63, 3.8) is 0 Å². The summed E-state index contributed by atoms with van der Waals surface area (Å²) in [7, 11) is -3.03. The van der Waals surface area contributed by atoms with Crippen LogP contribution < -0.4 is 4.74 Å². The van der Waals surface area contributed by atoms with Crippen LogP contribution in [0.3, 0.4) is 0 Å². The van der Waals surface area contributed by atoms with Crippen molar-refractivity contribution in [2.45, 2.75) is 5.75 Å². The highest BCUT2D eigenvalue weighted by Crippen LogP contribution is 2.27. The maximum Gasteiger partial charge on any atom is 0.200 e. The van der Waals surface area contributed by atoms with Crippen LogP contribution >= 0.6 is 0 Å². The van der Waals surface area contributed by atoms with Gasteiger partial charge in [0.15, 0.2) is 33.1 Å². The fourth-order valence-corrected chi connectivity index (χ4v) is 3.31. The van der Waals surface area contributed by atoms with Gasteiger partial charge < -0.3 is 4.74 Å². The molecule has 0 aliphatic carbocycles. The predicted molar refractivity (Wildman–Crippen MR) is 85.4 cm³/mol. The van der Waals surface area contributed by atoms with Gasteiger partial charge in [-0.1, -0.05) is 12.1 Å². The molecule has 0 aliphatic heterocycles. The zero-order valence-corrected chi connectivity index (χ0v) is 14.4. The summed E-state index contributed by atoms with van der Waals surface area (Å²) < 4.78 is 96.5. The molecule has 0 spiro atoms. The molecule has 0 heterocycles. The number of hydrogen-bond donors (Lipinski definition) is 0. The Balaban J connectivity index is 2.51. The predicted octanol–water partition coefficient (Wildman–Crippen LogP) is 3.87. The number of nitriles is 1. The number of methoxy groups -OCH3 is 1. The molecule has 0 saturated heterocycles. The van der Waals surface area contributed by atoms with Gasteiger partial charge in [0.2, 0.25) is 5.82 Å². The minimum absolute atomic E-state index is 0.120. The highest BCUT2D eigenvalue weighted by Gasteiger charge is 2.27. The summed E-state index contributed by atoms with van der Waals surface area (Å²) in [5.74, 6) is -11.6. The summed E-state index contributed by atoms with van der Waals surface area (Å²) in [6, 6.07) is 6.87. The van der Waals surface area contributed by atoms with Crippen molar-refractivity contribution in [1.29, 1.82) is 5.26 Å². The molecule has 0 saturated carbocycles. The van der Waals surface area contributed by atoms with Crippen LogP contribution in [0.25, 0.3) is 6.08 Å². The van der Waals surface area contributed by atoms with Crippen molar-refractivity contribution < 1.29 is 35.1 Å². The summed E-state index contributed by atoms with van der Waals surface area (Å²) in [6.45, 7) is 0. The molecule has 2 aromatic rings. The summed E-state index contributed by atoms with van der Waals surface area (Å²) in [4.78, 5) is -1.15. The molecule has 10 heteroatoms. The van der Waals surface area contributed by atoms with Gasteiger partial charge in [-0.15, -0.1) is 0 Å². The van der Waals surface area contributed by atoms with Crippen molar-refractivity contribution in [3.05, 3.63) is 69.4 Å². The van der Waals surface area contributed by atoms with Crippen LogP contribution in [0.5, 0.6) is 5.75 Å². The Morgan fingerprint density at radius 3 is 1.93 bits per heavy atom. The number of rotatable bonds is 5. The molecular weight excluding hydrogens is 393 g/mol. The molecule has 0 aliphatic rings. The van der Waals surface area contributed by atoms with E-state index in [0.717, 1.165) is 0 Å². The first kappa shape index (κ1) is 20.4. The van der Waals surface area contributed by atoms with E-state index in [-0.39, 0.29) is 11.6 Å². The van der Waals surface area contributed by atoms with Gasteiger partial charge in [-0.05, 0) is 23.8 Å². The van der Waals surface area contributed by atoms with Crippen molar-refractivity contribution in [2.75, 3.05) is 7.11 Å². The molecule has 0 bridgehead atoms. The molecular formula is C17H10F5NO3S. The lowest BCUT2D eigenvalue weighted by Gasteiger charge is -2.07. The highest BCUT2D eigenvalue weighted by atomic mass is 32.2. The standard InChI is InChI=1S/C17H10F5NO3S/c1-26-10-4-2-9(3-5-10)8-27(24,25)11(7-23)6-12-13(18)15(20)17(22)16(21)14(12)19/h2-6H,8H2,1H3/b11-6-. The molecule has 142 valence electrons. The SMILES string of the molecule is COc1ccc(CS(=O)(=O)/C(C#N)=C\c2c(F)c(F)c(F)c(F)c2F)cc1. The lowest BCUT2D eigenvalue weighted by Crippen LogP contribution is -2.09. The van der Waals surface area contributed by atoms with E-state index in [1.807, 2.05) is 0 Å². The van der Waals surface area contributed by atoms with E-state index in [1.165, 1.54) is 37.4 Å². The van der Waals surface area contributed by atoms with Gasteiger partial charge in [-0.2, -0.15) is 5.26 Å². The summed E-state index contributed by atoms with van der Waals surface area (Å²) in [5, 5.41) is 9.03. The maximum atomic E-state index is 13.7. The quantitative estimate of drug-likeness (QED) is 0.329. The molecule has 0 radical (unpaired) electrons. The average molecular weight is 403 g/mol. The fourth-order valence-electron chi connectivity index (χ4n) is 2.09. The first-order valence-corrected chi connectivity index (χ1v) is 8.76. The number of benzene rings is 2. The highest BCUT2D eigenvalue weighted by molar-refractivity contribution is 7.95. The summed E-state index contributed by atoms with van der Waals surface area (Å²) in [5.41, 5.74) is -1.30. The average Bonchev–Trinajstić information content (AvgIpc) is 2.65. The molecule has 4 nitrogen and oxygen atoms in total. The van der Waals surface area contributed by atoms with Gasteiger partial charge in [-0.25, -0.2) is 30.4 Å². The number of halogens is 5. The Morgan fingerprint density at radius 2 is 1.48 bits per heavy atom. The third kappa shape index (κ3) is 4.09. The molecule has 0 amide bonds. The third-order valence-electron chi connectivity index (χ3n) is 3.48. The second-order valence-corrected chi connectivity index (χ2v) is 7.17. The van der Waals surface area contributed by atoms with Crippen LogP contribution in [-0.4, -0.2) is 15.5 Å². The first-order chi connectivity index (χ1) is 12.6. The van der Waals surface area contributed by atoms with Crippen LogP contribution in [0.1, 0.15) is 11.1 Å². The fraction of sp³-hybridized carbons (Fsp3) is 0.118. The van der Waals surface area contributed by atoms with E-state index in [0.29, 0.717) is 5.75 Å². The number of ether oxygens (including phenoxy) is 1. The number of nitrogens with zero attached hydrogens (tertiary/aromatic N) is 1. The number of sulfone groups is 1. The Bertz CT molecular complexity index is 1030. The molecule has 0 fully saturated rings. The first-order valence-electron chi connectivity index (χ1n) is 7.11. The minimum atomic E-state index is -4.43.